The Hall–Kier alpha value is -1.86. The van der Waals surface area contributed by atoms with Crippen LogP contribution < -0.4 is 21.1 Å². The number of para-hydroxylation sites is 1. The van der Waals surface area contributed by atoms with E-state index in [2.05, 4.69) is 56.8 Å². The highest BCUT2D eigenvalue weighted by molar-refractivity contribution is 7.80. The van der Waals surface area contributed by atoms with E-state index >= 15 is 0 Å². The molecule has 1 saturated heterocycles. The number of benzene rings is 1. The molecule has 0 amide bonds. The van der Waals surface area contributed by atoms with Crippen molar-refractivity contribution in [3.63, 3.8) is 0 Å². The Kier molecular flexibility index (Phi) is 6.42. The van der Waals surface area contributed by atoms with E-state index in [1.54, 1.807) is 6.08 Å². The second kappa shape index (κ2) is 8.55. The van der Waals surface area contributed by atoms with E-state index in [4.69, 9.17) is 24.4 Å². The molecule has 2 rings (SSSR count). The summed E-state index contributed by atoms with van der Waals surface area (Å²) in [6, 6.07) is 10.4. The van der Waals surface area contributed by atoms with Crippen molar-refractivity contribution >= 4 is 40.3 Å². The van der Waals surface area contributed by atoms with Crippen molar-refractivity contribution in [2.24, 2.45) is 0 Å². The Morgan fingerprint density at radius 3 is 2.41 bits per heavy atom. The van der Waals surface area contributed by atoms with Crippen LogP contribution >= 0.6 is 24.4 Å². The van der Waals surface area contributed by atoms with Gasteiger partial charge in [0.15, 0.2) is 10.2 Å². The summed E-state index contributed by atoms with van der Waals surface area (Å²) in [6.07, 6.45) is 1.75. The van der Waals surface area contributed by atoms with Crippen LogP contribution in [0, 0.1) is 0 Å². The average molecular weight is 336 g/mol. The summed E-state index contributed by atoms with van der Waals surface area (Å²) >= 11 is 10.5. The van der Waals surface area contributed by atoms with E-state index in [9.17, 15) is 0 Å². The zero-order chi connectivity index (χ0) is 15.8. The lowest BCUT2D eigenvalue weighted by atomic mass is 10.2. The topological polar surface area (TPSA) is 42.6 Å². The standard InChI is InChI=1S/C15H21N5S2/c1-2-8-16-14(21)17-18-15(22)20-11-9-19(10-12-20)13-6-4-3-5-7-13/h2-7H,1,8-12H2,(H,18,22)(H2,16,17,21). The van der Waals surface area contributed by atoms with Crippen molar-refractivity contribution in [2.45, 2.75) is 0 Å². The zero-order valence-electron chi connectivity index (χ0n) is 12.4. The van der Waals surface area contributed by atoms with Gasteiger partial charge >= 0.3 is 0 Å². The minimum Gasteiger partial charge on any atom is -0.368 e. The Bertz CT molecular complexity index is 512. The molecule has 22 heavy (non-hydrogen) atoms. The third-order valence-electron chi connectivity index (χ3n) is 3.38. The second-order valence-electron chi connectivity index (χ2n) is 4.86. The molecular weight excluding hydrogens is 314 g/mol. The van der Waals surface area contributed by atoms with Crippen LogP contribution in [-0.4, -0.2) is 47.8 Å². The minimum absolute atomic E-state index is 0.505. The van der Waals surface area contributed by atoms with Crippen LogP contribution in [0.25, 0.3) is 0 Å². The van der Waals surface area contributed by atoms with E-state index in [1.807, 2.05) is 6.07 Å². The minimum atomic E-state index is 0.505. The van der Waals surface area contributed by atoms with Gasteiger partial charge in [0.25, 0.3) is 0 Å². The van der Waals surface area contributed by atoms with Crippen molar-refractivity contribution in [2.75, 3.05) is 37.6 Å². The lowest BCUT2D eigenvalue weighted by Gasteiger charge is -2.37. The molecule has 0 spiro atoms. The number of thiocarbonyl (C=S) groups is 2. The molecule has 5 nitrogen and oxygen atoms in total. The van der Waals surface area contributed by atoms with E-state index < -0.39 is 0 Å². The normalized spacial score (nSPS) is 14.2. The molecule has 0 aliphatic carbocycles. The molecule has 0 atom stereocenters. The highest BCUT2D eigenvalue weighted by Gasteiger charge is 2.18. The molecule has 1 heterocycles. The van der Waals surface area contributed by atoms with Gasteiger partial charge in [0, 0.05) is 38.4 Å². The molecule has 3 N–H and O–H groups in total. The molecule has 0 unspecified atom stereocenters. The van der Waals surface area contributed by atoms with E-state index in [0.29, 0.717) is 16.8 Å². The van der Waals surface area contributed by atoms with Gasteiger partial charge in [0.05, 0.1) is 0 Å². The lowest BCUT2D eigenvalue weighted by Crippen LogP contribution is -2.56. The number of nitrogens with one attached hydrogen (secondary N) is 3. The zero-order valence-corrected chi connectivity index (χ0v) is 14.1. The van der Waals surface area contributed by atoms with Crippen LogP contribution in [-0.2, 0) is 0 Å². The first-order chi connectivity index (χ1) is 10.7. The Balaban J connectivity index is 1.73. The lowest BCUT2D eigenvalue weighted by molar-refractivity contribution is 0.378. The average Bonchev–Trinajstić information content (AvgIpc) is 2.58. The van der Waals surface area contributed by atoms with Crippen LogP contribution in [0.3, 0.4) is 0 Å². The number of rotatable bonds is 3. The van der Waals surface area contributed by atoms with Crippen LogP contribution in [0.2, 0.25) is 0 Å². The summed E-state index contributed by atoms with van der Waals surface area (Å²) in [7, 11) is 0. The van der Waals surface area contributed by atoms with E-state index in [0.717, 1.165) is 26.2 Å². The fourth-order valence-electron chi connectivity index (χ4n) is 2.20. The highest BCUT2D eigenvalue weighted by atomic mass is 32.1. The van der Waals surface area contributed by atoms with Gasteiger partial charge in [-0.05, 0) is 36.6 Å². The van der Waals surface area contributed by atoms with Crippen LogP contribution in [0.5, 0.6) is 0 Å². The number of hydrazine groups is 1. The number of hydrogen-bond acceptors (Lipinski definition) is 3. The predicted octanol–water partition coefficient (Wildman–Crippen LogP) is 1.25. The molecule has 1 aliphatic heterocycles. The fourth-order valence-corrected chi connectivity index (χ4v) is 2.57. The van der Waals surface area contributed by atoms with Gasteiger partial charge in [0.1, 0.15) is 0 Å². The largest absolute Gasteiger partial charge is 0.368 e. The summed E-state index contributed by atoms with van der Waals surface area (Å²) in [4.78, 5) is 4.50. The van der Waals surface area contributed by atoms with Gasteiger partial charge in [-0.3, -0.25) is 10.9 Å². The summed E-state index contributed by atoms with van der Waals surface area (Å²) < 4.78 is 0. The highest BCUT2D eigenvalue weighted by Crippen LogP contribution is 2.15. The monoisotopic (exact) mass is 335 g/mol. The molecule has 1 aromatic carbocycles. The third kappa shape index (κ3) is 4.85. The maximum Gasteiger partial charge on any atom is 0.188 e. The predicted molar refractivity (Wildman–Crippen MR) is 99.9 cm³/mol. The first-order valence-electron chi connectivity index (χ1n) is 7.20. The maximum absolute atomic E-state index is 5.39. The molecular formula is C15H21N5S2. The van der Waals surface area contributed by atoms with Gasteiger partial charge in [0.2, 0.25) is 0 Å². The molecule has 1 aromatic rings. The molecule has 0 aromatic heterocycles. The van der Waals surface area contributed by atoms with Crippen LogP contribution in [0.4, 0.5) is 5.69 Å². The van der Waals surface area contributed by atoms with E-state index in [-0.39, 0.29) is 0 Å². The third-order valence-corrected chi connectivity index (χ3v) is 3.98. The van der Waals surface area contributed by atoms with E-state index in [1.165, 1.54) is 5.69 Å². The molecule has 1 aliphatic rings. The molecule has 0 radical (unpaired) electrons. The number of anilines is 1. The van der Waals surface area contributed by atoms with Crippen molar-refractivity contribution in [3.8, 4) is 0 Å². The maximum atomic E-state index is 5.39. The molecule has 1 fully saturated rings. The first-order valence-corrected chi connectivity index (χ1v) is 8.02. The quantitative estimate of drug-likeness (QED) is 0.436. The SMILES string of the molecule is C=CCNC(=S)NNC(=S)N1CCN(c2ccccc2)CC1. The molecule has 7 heteroatoms. The van der Waals surface area contributed by atoms with Crippen LogP contribution in [0.15, 0.2) is 43.0 Å². The van der Waals surface area contributed by atoms with Gasteiger partial charge in [-0.2, -0.15) is 0 Å². The smallest absolute Gasteiger partial charge is 0.188 e. The Labute approximate surface area is 142 Å². The van der Waals surface area contributed by atoms with Gasteiger partial charge in [-0.25, -0.2) is 0 Å². The molecule has 118 valence electrons. The van der Waals surface area contributed by atoms with Crippen molar-refractivity contribution < 1.29 is 0 Å². The van der Waals surface area contributed by atoms with Crippen LogP contribution in [0.1, 0.15) is 0 Å². The van der Waals surface area contributed by atoms with Crippen molar-refractivity contribution in [1.29, 1.82) is 0 Å². The Morgan fingerprint density at radius 1 is 1.09 bits per heavy atom. The second-order valence-corrected chi connectivity index (χ2v) is 5.66. The summed E-state index contributed by atoms with van der Waals surface area (Å²) in [5.41, 5.74) is 7.11. The fraction of sp³-hybridized carbons (Fsp3) is 0.333. The van der Waals surface area contributed by atoms with Gasteiger partial charge in [-0.1, -0.05) is 24.3 Å². The van der Waals surface area contributed by atoms with Gasteiger partial charge in [-0.15, -0.1) is 6.58 Å². The van der Waals surface area contributed by atoms with Crippen molar-refractivity contribution in [1.82, 2.24) is 21.1 Å². The number of nitrogens with zero attached hydrogens (tertiary/aromatic N) is 2. The molecule has 0 saturated carbocycles. The summed E-state index contributed by atoms with van der Waals surface area (Å²) in [5.74, 6) is 0. The number of hydrogen-bond donors (Lipinski definition) is 3. The number of piperazine rings is 1. The van der Waals surface area contributed by atoms with Gasteiger partial charge < -0.3 is 15.1 Å². The Morgan fingerprint density at radius 2 is 1.77 bits per heavy atom. The molecule has 0 bridgehead atoms. The summed E-state index contributed by atoms with van der Waals surface area (Å²) in [5, 5.41) is 4.14. The summed E-state index contributed by atoms with van der Waals surface area (Å²) in [6.45, 7) is 7.91. The first kappa shape index (κ1) is 16.5. The van der Waals surface area contributed by atoms with Crippen molar-refractivity contribution in [3.05, 3.63) is 43.0 Å².